The minimum Gasteiger partial charge on any atom is -0.244 e. The van der Waals surface area contributed by atoms with Crippen LogP contribution in [-0.2, 0) is 0 Å². The van der Waals surface area contributed by atoms with E-state index in [2.05, 4.69) is 13.2 Å². The summed E-state index contributed by atoms with van der Waals surface area (Å²) >= 11 is 0. The Labute approximate surface area is 73.0 Å². The van der Waals surface area contributed by atoms with Crippen molar-refractivity contribution in [3.05, 3.63) is 24.8 Å². The van der Waals surface area contributed by atoms with Crippen LogP contribution in [0.2, 0.25) is 0 Å². The second kappa shape index (κ2) is 4.39. The minimum absolute atomic E-state index is 0.162. The van der Waals surface area contributed by atoms with Crippen molar-refractivity contribution in [2.45, 2.75) is 38.5 Å². The summed E-state index contributed by atoms with van der Waals surface area (Å²) in [5.41, 5.74) is -0.995. The molecular formula is C10H16F2. The number of hydrogen-bond donors (Lipinski definition) is 0. The zero-order valence-electron chi connectivity index (χ0n) is 7.74. The van der Waals surface area contributed by atoms with Crippen LogP contribution in [0.3, 0.4) is 0 Å². The molecule has 2 heteroatoms. The smallest absolute Gasteiger partial charge is 0.139 e. The van der Waals surface area contributed by atoms with E-state index in [0.717, 1.165) is 5.57 Å². The number of rotatable bonds is 5. The van der Waals surface area contributed by atoms with Gasteiger partial charge in [-0.15, -0.1) is 0 Å². The summed E-state index contributed by atoms with van der Waals surface area (Å²) in [5, 5.41) is 0. The number of alkyl halides is 2. The highest BCUT2D eigenvalue weighted by molar-refractivity contribution is 5.11. The van der Waals surface area contributed by atoms with Gasteiger partial charge in [-0.25, -0.2) is 8.78 Å². The monoisotopic (exact) mass is 174 g/mol. The standard InChI is InChI=1S/C10H16F2/c1-5-8(2)6-7-10(4,12)9(3)11/h5,9H,1-2,6-7H2,3-4H3. The van der Waals surface area contributed by atoms with Crippen molar-refractivity contribution in [2.24, 2.45) is 0 Å². The van der Waals surface area contributed by atoms with E-state index in [1.54, 1.807) is 6.08 Å². The molecule has 2 unspecified atom stereocenters. The molecule has 0 spiro atoms. The molecule has 0 radical (unpaired) electrons. The summed E-state index contributed by atoms with van der Waals surface area (Å²) in [6.07, 6.45) is 0.759. The van der Waals surface area contributed by atoms with Gasteiger partial charge in [-0.1, -0.05) is 24.8 Å². The van der Waals surface area contributed by atoms with Crippen molar-refractivity contribution in [2.75, 3.05) is 0 Å². The van der Waals surface area contributed by atoms with Crippen LogP contribution in [0, 0.1) is 0 Å². The van der Waals surface area contributed by atoms with Gasteiger partial charge >= 0.3 is 0 Å². The summed E-state index contributed by atoms with van der Waals surface area (Å²) in [4.78, 5) is 0. The van der Waals surface area contributed by atoms with Crippen LogP contribution in [0.25, 0.3) is 0 Å². The van der Waals surface area contributed by atoms with Crippen LogP contribution in [0.1, 0.15) is 26.7 Å². The van der Waals surface area contributed by atoms with E-state index in [-0.39, 0.29) is 6.42 Å². The van der Waals surface area contributed by atoms with E-state index in [0.29, 0.717) is 6.42 Å². The third-order valence-electron chi connectivity index (χ3n) is 2.05. The molecule has 0 bridgehead atoms. The Hall–Kier alpha value is -0.660. The largest absolute Gasteiger partial charge is 0.244 e. The highest BCUT2D eigenvalue weighted by Crippen LogP contribution is 2.26. The highest BCUT2D eigenvalue weighted by Gasteiger charge is 2.30. The van der Waals surface area contributed by atoms with Crippen molar-refractivity contribution < 1.29 is 8.78 Å². The quantitative estimate of drug-likeness (QED) is 0.559. The molecule has 0 rings (SSSR count). The van der Waals surface area contributed by atoms with Crippen LogP contribution in [-0.4, -0.2) is 11.8 Å². The van der Waals surface area contributed by atoms with E-state index in [1.807, 2.05) is 0 Å². The molecule has 0 aliphatic carbocycles. The van der Waals surface area contributed by atoms with Crippen molar-refractivity contribution in [3.63, 3.8) is 0 Å². The molecule has 0 aromatic carbocycles. The maximum Gasteiger partial charge on any atom is 0.139 e. The Morgan fingerprint density at radius 3 is 2.50 bits per heavy atom. The number of halogens is 2. The fourth-order valence-corrected chi connectivity index (χ4v) is 0.706. The predicted octanol–water partition coefficient (Wildman–Crippen LogP) is 3.60. The van der Waals surface area contributed by atoms with Crippen LogP contribution in [0.15, 0.2) is 24.8 Å². The van der Waals surface area contributed by atoms with Crippen LogP contribution >= 0.6 is 0 Å². The normalized spacial score (nSPS) is 18.0. The molecule has 2 atom stereocenters. The van der Waals surface area contributed by atoms with Gasteiger partial charge < -0.3 is 0 Å². The topological polar surface area (TPSA) is 0 Å². The van der Waals surface area contributed by atoms with Crippen molar-refractivity contribution in [3.8, 4) is 0 Å². The summed E-state index contributed by atoms with van der Waals surface area (Å²) in [7, 11) is 0. The van der Waals surface area contributed by atoms with Gasteiger partial charge in [0, 0.05) is 0 Å². The average molecular weight is 174 g/mol. The lowest BCUT2D eigenvalue weighted by molar-refractivity contribution is 0.0705. The first-order valence-corrected chi connectivity index (χ1v) is 4.03. The van der Waals surface area contributed by atoms with E-state index in [1.165, 1.54) is 13.8 Å². The lowest BCUT2D eigenvalue weighted by Crippen LogP contribution is -2.28. The van der Waals surface area contributed by atoms with Crippen LogP contribution in [0.5, 0.6) is 0 Å². The van der Waals surface area contributed by atoms with Gasteiger partial charge in [-0.2, -0.15) is 0 Å². The van der Waals surface area contributed by atoms with Crippen LogP contribution in [0.4, 0.5) is 8.78 Å². The Morgan fingerprint density at radius 1 is 1.67 bits per heavy atom. The van der Waals surface area contributed by atoms with E-state index < -0.39 is 11.8 Å². The number of allylic oxidation sites excluding steroid dienone is 2. The average Bonchev–Trinajstić information content (AvgIpc) is 2.00. The lowest BCUT2D eigenvalue weighted by atomic mass is 9.95. The van der Waals surface area contributed by atoms with Gasteiger partial charge in [-0.3, -0.25) is 0 Å². The molecule has 0 aliphatic heterocycles. The minimum atomic E-state index is -1.74. The Kier molecular flexibility index (Phi) is 4.15. The fourth-order valence-electron chi connectivity index (χ4n) is 0.706. The Bertz CT molecular complexity index is 169. The van der Waals surface area contributed by atoms with Gasteiger partial charge in [0.25, 0.3) is 0 Å². The first-order valence-electron chi connectivity index (χ1n) is 4.03. The summed E-state index contributed by atoms with van der Waals surface area (Å²) in [6.45, 7) is 9.62. The van der Waals surface area contributed by atoms with Crippen molar-refractivity contribution >= 4 is 0 Å². The molecule has 12 heavy (non-hydrogen) atoms. The van der Waals surface area contributed by atoms with E-state index >= 15 is 0 Å². The molecule has 0 fully saturated rings. The lowest BCUT2D eigenvalue weighted by Gasteiger charge is -2.21. The maximum absolute atomic E-state index is 13.3. The second-order valence-corrected chi connectivity index (χ2v) is 3.26. The fraction of sp³-hybridized carbons (Fsp3) is 0.600. The summed E-state index contributed by atoms with van der Waals surface area (Å²) in [6, 6.07) is 0. The third kappa shape index (κ3) is 3.65. The molecule has 0 nitrogen and oxygen atoms in total. The first kappa shape index (κ1) is 11.3. The molecule has 70 valence electrons. The molecule has 0 aromatic heterocycles. The molecule has 0 aliphatic rings. The van der Waals surface area contributed by atoms with Gasteiger partial charge in [0.2, 0.25) is 0 Å². The molecule has 0 saturated carbocycles. The molecule has 0 amide bonds. The molecule has 0 N–H and O–H groups in total. The van der Waals surface area contributed by atoms with Gasteiger partial charge in [0.1, 0.15) is 11.8 Å². The molecule has 0 heterocycles. The van der Waals surface area contributed by atoms with Crippen molar-refractivity contribution in [1.29, 1.82) is 0 Å². The predicted molar refractivity (Wildman–Crippen MR) is 48.7 cm³/mol. The molecular weight excluding hydrogens is 158 g/mol. The van der Waals surface area contributed by atoms with Gasteiger partial charge in [0.05, 0.1) is 0 Å². The molecule has 0 aromatic rings. The van der Waals surface area contributed by atoms with Gasteiger partial charge in [-0.05, 0) is 26.7 Å². The highest BCUT2D eigenvalue weighted by atomic mass is 19.2. The third-order valence-corrected chi connectivity index (χ3v) is 2.05. The zero-order valence-corrected chi connectivity index (χ0v) is 7.74. The zero-order chi connectivity index (χ0) is 9.78. The summed E-state index contributed by atoms with van der Waals surface area (Å²) < 4.78 is 25.9. The second-order valence-electron chi connectivity index (χ2n) is 3.26. The maximum atomic E-state index is 13.3. The summed E-state index contributed by atoms with van der Waals surface area (Å²) in [5.74, 6) is 0. The van der Waals surface area contributed by atoms with Crippen LogP contribution < -0.4 is 0 Å². The van der Waals surface area contributed by atoms with E-state index in [9.17, 15) is 8.78 Å². The molecule has 0 saturated heterocycles. The SMILES string of the molecule is C=CC(=C)CCC(C)(F)C(C)F. The van der Waals surface area contributed by atoms with Crippen molar-refractivity contribution in [1.82, 2.24) is 0 Å². The van der Waals surface area contributed by atoms with E-state index in [4.69, 9.17) is 0 Å². The first-order chi connectivity index (χ1) is 5.40. The Morgan fingerprint density at radius 2 is 2.17 bits per heavy atom. The number of hydrogen-bond acceptors (Lipinski definition) is 0. The van der Waals surface area contributed by atoms with Gasteiger partial charge in [0.15, 0.2) is 0 Å². The Balaban J connectivity index is 3.91.